The van der Waals surface area contributed by atoms with Crippen molar-refractivity contribution >= 4 is 29.3 Å². The summed E-state index contributed by atoms with van der Waals surface area (Å²) in [5, 5.41) is 21.6. The van der Waals surface area contributed by atoms with Gasteiger partial charge in [0.1, 0.15) is 11.9 Å². The van der Waals surface area contributed by atoms with E-state index in [-0.39, 0.29) is 6.42 Å². The Bertz CT molecular complexity index is 567. The number of halogens is 1. The van der Waals surface area contributed by atoms with Gasteiger partial charge in [-0.3, -0.25) is 14.9 Å². The van der Waals surface area contributed by atoms with E-state index in [2.05, 4.69) is 5.32 Å². The van der Waals surface area contributed by atoms with Gasteiger partial charge in [-0.1, -0.05) is 0 Å². The largest absolute Gasteiger partial charge is 0.480 e. The lowest BCUT2D eigenvalue weighted by molar-refractivity contribution is -0.385. The number of carbonyl (C=O) groups excluding carboxylic acids is 1. The van der Waals surface area contributed by atoms with Gasteiger partial charge in [0.05, 0.1) is 16.6 Å². The number of carbonyl (C=O) groups is 2. The van der Waals surface area contributed by atoms with Crippen LogP contribution in [-0.2, 0) is 4.79 Å². The number of amides is 1. The summed E-state index contributed by atoms with van der Waals surface area (Å²) in [7, 11) is 0. The molecule has 1 atom stereocenters. The summed E-state index contributed by atoms with van der Waals surface area (Å²) in [6.07, 6.45) is 1.98. The molecule has 0 aliphatic carbocycles. The Labute approximate surface area is 123 Å². The van der Waals surface area contributed by atoms with Crippen molar-refractivity contribution in [3.8, 4) is 0 Å². The van der Waals surface area contributed by atoms with E-state index < -0.39 is 39.9 Å². The predicted octanol–water partition coefficient (Wildman–Crippen LogP) is 1.67. The molecule has 0 heterocycles. The monoisotopic (exact) mass is 316 g/mol. The number of hydrogen-bond acceptors (Lipinski definition) is 5. The number of carboxylic acids is 1. The molecule has 21 heavy (non-hydrogen) atoms. The second kappa shape index (κ2) is 7.58. The summed E-state index contributed by atoms with van der Waals surface area (Å²) in [5.41, 5.74) is -0.919. The predicted molar refractivity (Wildman–Crippen MR) is 74.9 cm³/mol. The zero-order chi connectivity index (χ0) is 16.0. The van der Waals surface area contributed by atoms with Gasteiger partial charge in [-0.25, -0.2) is 9.18 Å². The van der Waals surface area contributed by atoms with Crippen LogP contribution in [0.15, 0.2) is 18.2 Å². The van der Waals surface area contributed by atoms with Crippen molar-refractivity contribution in [2.75, 3.05) is 12.0 Å². The highest BCUT2D eigenvalue weighted by molar-refractivity contribution is 7.98. The topological polar surface area (TPSA) is 110 Å². The van der Waals surface area contributed by atoms with Crippen LogP contribution in [0.5, 0.6) is 0 Å². The molecular formula is C12H13FN2O5S. The summed E-state index contributed by atoms with van der Waals surface area (Å²) < 4.78 is 13.6. The maximum absolute atomic E-state index is 13.6. The maximum atomic E-state index is 13.6. The molecule has 1 aromatic carbocycles. The van der Waals surface area contributed by atoms with E-state index >= 15 is 0 Å². The van der Waals surface area contributed by atoms with Crippen LogP contribution >= 0.6 is 11.8 Å². The van der Waals surface area contributed by atoms with Crippen molar-refractivity contribution in [1.82, 2.24) is 5.32 Å². The van der Waals surface area contributed by atoms with Gasteiger partial charge < -0.3 is 10.4 Å². The van der Waals surface area contributed by atoms with Crippen LogP contribution in [0, 0.1) is 15.9 Å². The van der Waals surface area contributed by atoms with Gasteiger partial charge in [0, 0.05) is 6.07 Å². The molecule has 1 rings (SSSR count). The number of nitro benzene ring substituents is 1. The molecule has 0 aliphatic heterocycles. The van der Waals surface area contributed by atoms with Crippen molar-refractivity contribution in [3.63, 3.8) is 0 Å². The number of hydrogen-bond donors (Lipinski definition) is 2. The summed E-state index contributed by atoms with van der Waals surface area (Å²) in [4.78, 5) is 32.5. The van der Waals surface area contributed by atoms with Gasteiger partial charge in [-0.15, -0.1) is 0 Å². The third-order valence-electron chi connectivity index (χ3n) is 2.62. The Hall–Kier alpha value is -2.16. The number of nitro groups is 1. The van der Waals surface area contributed by atoms with Gasteiger partial charge in [-0.05, 0) is 24.5 Å². The highest BCUT2D eigenvalue weighted by atomic mass is 32.2. The second-order valence-corrected chi connectivity index (χ2v) is 5.05. The first-order valence-electron chi connectivity index (χ1n) is 5.83. The zero-order valence-corrected chi connectivity index (χ0v) is 11.9. The fourth-order valence-electron chi connectivity index (χ4n) is 1.53. The van der Waals surface area contributed by atoms with Crippen LogP contribution in [0.3, 0.4) is 0 Å². The molecule has 1 aromatic rings. The molecule has 0 bridgehead atoms. The minimum absolute atomic E-state index is 0.191. The molecule has 7 nitrogen and oxygen atoms in total. The molecule has 114 valence electrons. The van der Waals surface area contributed by atoms with Gasteiger partial charge >= 0.3 is 5.97 Å². The SMILES string of the molecule is CSCC[C@@H](NC(=O)c1ccc([N+](=O)[O-])cc1F)C(=O)O. The van der Waals surface area contributed by atoms with Crippen molar-refractivity contribution < 1.29 is 24.0 Å². The fraction of sp³-hybridized carbons (Fsp3) is 0.333. The Kier molecular flexibility index (Phi) is 6.10. The molecule has 0 aromatic heterocycles. The van der Waals surface area contributed by atoms with Crippen LogP contribution in [0.4, 0.5) is 10.1 Å². The number of aliphatic carboxylic acids is 1. The Balaban J connectivity index is 2.87. The van der Waals surface area contributed by atoms with Crippen LogP contribution < -0.4 is 5.32 Å². The first-order valence-corrected chi connectivity index (χ1v) is 7.22. The third-order valence-corrected chi connectivity index (χ3v) is 3.27. The second-order valence-electron chi connectivity index (χ2n) is 4.07. The first-order chi connectivity index (χ1) is 9.86. The van der Waals surface area contributed by atoms with Crippen LogP contribution in [0.1, 0.15) is 16.8 Å². The van der Waals surface area contributed by atoms with Crippen LogP contribution in [0.2, 0.25) is 0 Å². The van der Waals surface area contributed by atoms with Crippen molar-refractivity contribution in [2.45, 2.75) is 12.5 Å². The molecule has 0 fully saturated rings. The number of rotatable bonds is 7. The molecule has 0 unspecified atom stereocenters. The summed E-state index contributed by atoms with van der Waals surface area (Å²) in [6, 6.07) is 1.41. The van der Waals surface area contributed by atoms with Crippen molar-refractivity contribution in [1.29, 1.82) is 0 Å². The average Bonchev–Trinajstić information content (AvgIpc) is 2.42. The summed E-state index contributed by atoms with van der Waals surface area (Å²) >= 11 is 1.41. The lowest BCUT2D eigenvalue weighted by Crippen LogP contribution is -2.41. The van der Waals surface area contributed by atoms with E-state index in [1.54, 1.807) is 6.26 Å². The van der Waals surface area contributed by atoms with Gasteiger partial charge in [-0.2, -0.15) is 11.8 Å². The molecule has 0 saturated carbocycles. The fourth-order valence-corrected chi connectivity index (χ4v) is 2.00. The Morgan fingerprint density at radius 1 is 1.52 bits per heavy atom. The molecule has 0 saturated heterocycles. The van der Waals surface area contributed by atoms with Crippen molar-refractivity contribution in [3.05, 3.63) is 39.7 Å². The molecular weight excluding hydrogens is 303 g/mol. The van der Waals surface area contributed by atoms with E-state index in [0.717, 1.165) is 12.1 Å². The summed E-state index contributed by atoms with van der Waals surface area (Å²) in [5.74, 6) is -2.70. The highest BCUT2D eigenvalue weighted by Gasteiger charge is 2.23. The number of carboxylic acid groups (broad SMARTS) is 1. The minimum atomic E-state index is -1.22. The van der Waals surface area contributed by atoms with E-state index in [9.17, 15) is 24.1 Å². The van der Waals surface area contributed by atoms with E-state index in [0.29, 0.717) is 11.8 Å². The lowest BCUT2D eigenvalue weighted by Gasteiger charge is -2.14. The number of benzene rings is 1. The zero-order valence-electron chi connectivity index (χ0n) is 11.0. The smallest absolute Gasteiger partial charge is 0.326 e. The van der Waals surface area contributed by atoms with Gasteiger partial charge in [0.2, 0.25) is 0 Å². The normalized spacial score (nSPS) is 11.7. The highest BCUT2D eigenvalue weighted by Crippen LogP contribution is 2.16. The van der Waals surface area contributed by atoms with Gasteiger partial charge in [0.15, 0.2) is 0 Å². The molecule has 0 spiro atoms. The third kappa shape index (κ3) is 4.71. The quantitative estimate of drug-likeness (QED) is 0.585. The number of nitrogens with one attached hydrogen (secondary N) is 1. The Morgan fingerprint density at radius 2 is 2.19 bits per heavy atom. The average molecular weight is 316 g/mol. The molecule has 1 amide bonds. The van der Waals surface area contributed by atoms with E-state index in [1.807, 2.05) is 0 Å². The van der Waals surface area contributed by atoms with Crippen molar-refractivity contribution in [2.24, 2.45) is 0 Å². The maximum Gasteiger partial charge on any atom is 0.326 e. The summed E-state index contributed by atoms with van der Waals surface area (Å²) in [6.45, 7) is 0. The van der Waals surface area contributed by atoms with E-state index in [4.69, 9.17) is 5.11 Å². The van der Waals surface area contributed by atoms with E-state index in [1.165, 1.54) is 11.8 Å². The molecule has 9 heteroatoms. The Morgan fingerprint density at radius 3 is 2.67 bits per heavy atom. The molecule has 2 N–H and O–H groups in total. The number of thioether (sulfide) groups is 1. The number of non-ortho nitro benzene ring substituents is 1. The molecule has 0 radical (unpaired) electrons. The minimum Gasteiger partial charge on any atom is -0.480 e. The lowest BCUT2D eigenvalue weighted by atomic mass is 10.1. The van der Waals surface area contributed by atoms with Gasteiger partial charge in [0.25, 0.3) is 11.6 Å². The van der Waals surface area contributed by atoms with Crippen LogP contribution in [0.25, 0.3) is 0 Å². The van der Waals surface area contributed by atoms with Crippen LogP contribution in [-0.4, -0.2) is 40.0 Å². The standard InChI is InChI=1S/C12H13FN2O5S/c1-21-5-4-10(12(17)18)14-11(16)8-3-2-7(15(19)20)6-9(8)13/h2-3,6,10H,4-5H2,1H3,(H,14,16)(H,17,18)/t10-/m1/s1. The molecule has 0 aliphatic rings. The number of nitrogens with zero attached hydrogens (tertiary/aromatic N) is 1. The first kappa shape index (κ1) is 16.9.